The van der Waals surface area contributed by atoms with Crippen molar-refractivity contribution in [1.82, 2.24) is 5.01 Å². The Morgan fingerprint density at radius 1 is 0.958 bits per heavy atom. The average Bonchev–Trinajstić information content (AvgIpc) is 3.01. The summed E-state index contributed by atoms with van der Waals surface area (Å²) in [6.07, 6.45) is 3.39. The summed E-state index contributed by atoms with van der Waals surface area (Å²) in [6.45, 7) is 6.15. The van der Waals surface area contributed by atoms with E-state index in [2.05, 4.69) is 67.4 Å². The van der Waals surface area contributed by atoms with Crippen LogP contribution in [0, 0.1) is 5.92 Å². The van der Waals surface area contributed by atoms with Gasteiger partial charge < -0.3 is 0 Å². The molecule has 0 amide bonds. The molecule has 126 valence electrons. The van der Waals surface area contributed by atoms with Crippen molar-refractivity contribution in [2.45, 2.75) is 33.1 Å². The van der Waals surface area contributed by atoms with Crippen LogP contribution in [-0.2, 0) is 12.8 Å². The smallest absolute Gasteiger partial charge is 0.145 e. The zero-order valence-corrected chi connectivity index (χ0v) is 14.7. The number of hydrazine groups is 1. The van der Waals surface area contributed by atoms with Crippen LogP contribution in [0.2, 0.25) is 0 Å². The third kappa shape index (κ3) is 4.24. The second-order valence-corrected chi connectivity index (χ2v) is 7.02. The predicted octanol–water partition coefficient (Wildman–Crippen LogP) is 3.80. The Morgan fingerprint density at radius 3 is 2.08 bits per heavy atom. The molecule has 0 bridgehead atoms. The van der Waals surface area contributed by atoms with Gasteiger partial charge in [0.05, 0.1) is 13.1 Å². The molecular weight excluding hydrogens is 294 g/mol. The van der Waals surface area contributed by atoms with Crippen molar-refractivity contribution in [3.05, 3.63) is 70.8 Å². The van der Waals surface area contributed by atoms with Gasteiger partial charge in [-0.2, -0.15) is 0 Å². The van der Waals surface area contributed by atoms with E-state index in [1.54, 1.807) is 5.01 Å². The zero-order chi connectivity index (χ0) is 16.9. The molecule has 2 aromatic carbocycles. The first kappa shape index (κ1) is 16.7. The van der Waals surface area contributed by atoms with Crippen molar-refractivity contribution in [2.75, 3.05) is 13.1 Å². The van der Waals surface area contributed by atoms with Gasteiger partial charge in [-0.15, -0.1) is 0 Å². The number of hydrogen-bond acceptors (Lipinski definition) is 3. The van der Waals surface area contributed by atoms with E-state index in [1.165, 1.54) is 29.5 Å². The molecule has 1 heterocycles. The van der Waals surface area contributed by atoms with E-state index in [0.717, 1.165) is 36.8 Å². The summed E-state index contributed by atoms with van der Waals surface area (Å²) in [5.74, 6) is 7.59. The van der Waals surface area contributed by atoms with Crippen LogP contribution in [-0.4, -0.2) is 23.9 Å². The van der Waals surface area contributed by atoms with Gasteiger partial charge >= 0.3 is 0 Å². The van der Waals surface area contributed by atoms with Gasteiger partial charge in [0.1, 0.15) is 5.84 Å². The molecule has 0 radical (unpaired) electrons. The maximum Gasteiger partial charge on any atom is 0.145 e. The van der Waals surface area contributed by atoms with Crippen molar-refractivity contribution >= 4 is 5.84 Å². The molecule has 3 heteroatoms. The summed E-state index contributed by atoms with van der Waals surface area (Å²) in [5.41, 5.74) is 5.21. The SMILES string of the molecule is CC(C)CCc1ccc(Cc2ccc(C3=NCCN3N)cc2)cc1. The van der Waals surface area contributed by atoms with Crippen molar-refractivity contribution in [3.8, 4) is 0 Å². The van der Waals surface area contributed by atoms with Crippen molar-refractivity contribution in [1.29, 1.82) is 0 Å². The number of rotatable bonds is 6. The van der Waals surface area contributed by atoms with Crippen LogP contribution >= 0.6 is 0 Å². The lowest BCUT2D eigenvalue weighted by atomic mass is 9.99. The number of benzene rings is 2. The normalized spacial score (nSPS) is 14.3. The van der Waals surface area contributed by atoms with Crippen LogP contribution in [0.1, 0.15) is 42.5 Å². The summed E-state index contributed by atoms with van der Waals surface area (Å²) in [6, 6.07) is 17.6. The van der Waals surface area contributed by atoms with E-state index in [0.29, 0.717) is 0 Å². The molecule has 1 aliphatic rings. The summed E-state index contributed by atoms with van der Waals surface area (Å²) in [4.78, 5) is 4.46. The van der Waals surface area contributed by atoms with Crippen molar-refractivity contribution in [3.63, 3.8) is 0 Å². The fourth-order valence-electron chi connectivity index (χ4n) is 3.00. The Kier molecular flexibility index (Phi) is 5.31. The molecule has 24 heavy (non-hydrogen) atoms. The van der Waals surface area contributed by atoms with Gasteiger partial charge in [0.25, 0.3) is 0 Å². The lowest BCUT2D eigenvalue weighted by molar-refractivity contribution is 0.484. The van der Waals surface area contributed by atoms with E-state index in [4.69, 9.17) is 5.84 Å². The molecule has 3 nitrogen and oxygen atoms in total. The van der Waals surface area contributed by atoms with Gasteiger partial charge in [0.15, 0.2) is 0 Å². The van der Waals surface area contributed by atoms with Crippen molar-refractivity contribution in [2.24, 2.45) is 16.8 Å². The van der Waals surface area contributed by atoms with Crippen LogP contribution in [0.5, 0.6) is 0 Å². The van der Waals surface area contributed by atoms with Gasteiger partial charge in [0.2, 0.25) is 0 Å². The quantitative estimate of drug-likeness (QED) is 0.822. The second kappa shape index (κ2) is 7.63. The van der Waals surface area contributed by atoms with Crippen LogP contribution < -0.4 is 5.84 Å². The first-order valence-corrected chi connectivity index (χ1v) is 8.85. The largest absolute Gasteiger partial charge is 0.293 e. The van der Waals surface area contributed by atoms with Crippen LogP contribution in [0.15, 0.2) is 53.5 Å². The number of hydrogen-bond donors (Lipinski definition) is 1. The lowest BCUT2D eigenvalue weighted by Gasteiger charge is -2.13. The molecule has 2 aromatic rings. The molecule has 0 fully saturated rings. The average molecular weight is 321 g/mol. The molecular formula is C21H27N3. The van der Waals surface area contributed by atoms with Crippen molar-refractivity contribution < 1.29 is 0 Å². The standard InChI is InChI=1S/C21H27N3/c1-16(2)3-4-17-5-7-18(8-6-17)15-19-9-11-20(12-10-19)21-23-13-14-24(21)22/h5-12,16H,3-4,13-15,22H2,1-2H3. The Morgan fingerprint density at radius 2 is 1.54 bits per heavy atom. The topological polar surface area (TPSA) is 41.6 Å². The predicted molar refractivity (Wildman–Crippen MR) is 101 cm³/mol. The first-order chi connectivity index (χ1) is 11.6. The highest BCUT2D eigenvalue weighted by Gasteiger charge is 2.14. The molecule has 1 aliphatic heterocycles. The highest BCUT2D eigenvalue weighted by molar-refractivity contribution is 5.99. The monoisotopic (exact) mass is 321 g/mol. The zero-order valence-electron chi connectivity index (χ0n) is 14.7. The first-order valence-electron chi connectivity index (χ1n) is 8.85. The lowest BCUT2D eigenvalue weighted by Crippen LogP contribution is -2.34. The van der Waals surface area contributed by atoms with E-state index in [-0.39, 0.29) is 0 Å². The second-order valence-electron chi connectivity index (χ2n) is 7.02. The van der Waals surface area contributed by atoms with E-state index >= 15 is 0 Å². The Labute approximate surface area is 145 Å². The number of nitrogens with zero attached hydrogens (tertiary/aromatic N) is 2. The van der Waals surface area contributed by atoms with Gasteiger partial charge in [-0.3, -0.25) is 10.0 Å². The molecule has 0 saturated heterocycles. The summed E-state index contributed by atoms with van der Waals surface area (Å²) < 4.78 is 0. The molecule has 0 unspecified atom stereocenters. The maximum absolute atomic E-state index is 5.93. The van der Waals surface area contributed by atoms with E-state index in [9.17, 15) is 0 Å². The molecule has 0 aliphatic carbocycles. The summed E-state index contributed by atoms with van der Waals surface area (Å²) in [7, 11) is 0. The minimum atomic E-state index is 0.761. The number of aliphatic imine (C=N–C) groups is 1. The number of amidine groups is 1. The Bertz CT molecular complexity index is 684. The highest BCUT2D eigenvalue weighted by atomic mass is 15.5. The summed E-state index contributed by atoms with van der Waals surface area (Å²) >= 11 is 0. The highest BCUT2D eigenvalue weighted by Crippen LogP contribution is 2.15. The van der Waals surface area contributed by atoms with Crippen LogP contribution in [0.4, 0.5) is 0 Å². The van der Waals surface area contributed by atoms with Gasteiger partial charge in [-0.25, -0.2) is 5.84 Å². The maximum atomic E-state index is 5.93. The van der Waals surface area contributed by atoms with E-state index in [1.807, 2.05) is 0 Å². The molecule has 0 atom stereocenters. The third-order valence-electron chi connectivity index (χ3n) is 4.53. The molecule has 3 rings (SSSR count). The van der Waals surface area contributed by atoms with Gasteiger partial charge in [-0.1, -0.05) is 62.4 Å². The molecule has 0 spiro atoms. The minimum absolute atomic E-state index is 0.761. The third-order valence-corrected chi connectivity index (χ3v) is 4.53. The van der Waals surface area contributed by atoms with E-state index < -0.39 is 0 Å². The fraction of sp³-hybridized carbons (Fsp3) is 0.381. The molecule has 0 aromatic heterocycles. The van der Waals surface area contributed by atoms with Gasteiger partial charge in [-0.05, 0) is 41.9 Å². The van der Waals surface area contributed by atoms with Gasteiger partial charge in [0, 0.05) is 5.56 Å². The molecule has 0 saturated carbocycles. The Hall–Kier alpha value is -2.13. The molecule has 2 N–H and O–H groups in total. The van der Waals surface area contributed by atoms with Crippen LogP contribution in [0.3, 0.4) is 0 Å². The fourth-order valence-corrected chi connectivity index (χ4v) is 3.00. The summed E-state index contributed by atoms with van der Waals surface area (Å²) in [5, 5.41) is 1.73. The Balaban J connectivity index is 1.61. The number of nitrogens with two attached hydrogens (primary N) is 1. The number of aryl methyl sites for hydroxylation is 1. The minimum Gasteiger partial charge on any atom is -0.293 e. The van der Waals surface area contributed by atoms with Crippen LogP contribution in [0.25, 0.3) is 0 Å².